The molecule has 0 radical (unpaired) electrons. The molecule has 2 aliphatic rings. The maximum absolute atomic E-state index is 12.2. The fourth-order valence-electron chi connectivity index (χ4n) is 2.43. The Kier molecular flexibility index (Phi) is 5.76. The van der Waals surface area contributed by atoms with Gasteiger partial charge in [0.1, 0.15) is 0 Å². The van der Waals surface area contributed by atoms with Crippen molar-refractivity contribution >= 4 is 10.0 Å². The average molecular weight is 309 g/mol. The Morgan fingerprint density at radius 1 is 1.10 bits per heavy atom. The quantitative estimate of drug-likeness (QED) is 0.607. The van der Waals surface area contributed by atoms with E-state index in [2.05, 4.69) is 0 Å². The van der Waals surface area contributed by atoms with Crippen molar-refractivity contribution < 1.29 is 27.4 Å². The van der Waals surface area contributed by atoms with Crippen LogP contribution in [-0.4, -0.2) is 77.5 Å². The molecule has 0 unspecified atom stereocenters. The minimum absolute atomic E-state index is 0.00539. The van der Waals surface area contributed by atoms with Gasteiger partial charge in [-0.25, -0.2) is 12.7 Å². The Morgan fingerprint density at radius 2 is 1.75 bits per heavy atom. The van der Waals surface area contributed by atoms with Gasteiger partial charge in [-0.15, -0.1) is 0 Å². The van der Waals surface area contributed by atoms with Gasteiger partial charge in [0.25, 0.3) is 0 Å². The minimum Gasteiger partial charge on any atom is -0.382 e. The Labute approximate surface area is 120 Å². The number of sulfonamides is 1. The summed E-state index contributed by atoms with van der Waals surface area (Å²) in [5, 5.41) is 0. The van der Waals surface area contributed by atoms with E-state index in [1.165, 1.54) is 4.31 Å². The smallest absolute Gasteiger partial charge is 0.216 e. The van der Waals surface area contributed by atoms with Gasteiger partial charge in [0.15, 0.2) is 5.79 Å². The van der Waals surface area contributed by atoms with E-state index in [1.54, 1.807) is 7.11 Å². The monoisotopic (exact) mass is 309 g/mol. The summed E-state index contributed by atoms with van der Waals surface area (Å²) in [5.74, 6) is -0.535. The standard InChI is InChI=1S/C12H23NO6S/c1-16-6-7-17-10-11-20(14,15)13-4-2-12(3-5-13)18-8-9-19-12/h2-11H2,1H3. The second kappa shape index (κ2) is 7.15. The van der Waals surface area contributed by atoms with Crippen LogP contribution in [0.5, 0.6) is 0 Å². The number of piperidine rings is 1. The third kappa shape index (κ3) is 4.12. The van der Waals surface area contributed by atoms with Crippen LogP contribution in [0.15, 0.2) is 0 Å². The van der Waals surface area contributed by atoms with Crippen LogP contribution < -0.4 is 0 Å². The molecule has 20 heavy (non-hydrogen) atoms. The molecule has 2 heterocycles. The molecule has 118 valence electrons. The summed E-state index contributed by atoms with van der Waals surface area (Å²) in [6.07, 6.45) is 1.19. The summed E-state index contributed by atoms with van der Waals surface area (Å²) in [4.78, 5) is 0. The number of hydrogen-bond donors (Lipinski definition) is 0. The number of hydrogen-bond acceptors (Lipinski definition) is 6. The van der Waals surface area contributed by atoms with Gasteiger partial charge in [0.2, 0.25) is 10.0 Å². The highest BCUT2D eigenvalue weighted by atomic mass is 32.2. The number of ether oxygens (including phenoxy) is 4. The lowest BCUT2D eigenvalue weighted by molar-refractivity contribution is -0.179. The molecule has 2 fully saturated rings. The largest absolute Gasteiger partial charge is 0.382 e. The molecule has 0 aromatic rings. The third-order valence-electron chi connectivity index (χ3n) is 3.61. The zero-order valence-electron chi connectivity index (χ0n) is 11.9. The van der Waals surface area contributed by atoms with E-state index in [9.17, 15) is 8.42 Å². The fourth-order valence-corrected chi connectivity index (χ4v) is 3.75. The summed E-state index contributed by atoms with van der Waals surface area (Å²) in [6, 6.07) is 0. The molecule has 8 heteroatoms. The van der Waals surface area contributed by atoms with E-state index in [0.29, 0.717) is 52.4 Å². The molecule has 0 aromatic heterocycles. The molecule has 2 rings (SSSR count). The highest BCUT2D eigenvalue weighted by molar-refractivity contribution is 7.89. The van der Waals surface area contributed by atoms with Gasteiger partial charge in [0, 0.05) is 33.0 Å². The molecule has 0 amide bonds. The molecule has 0 saturated carbocycles. The zero-order chi connectivity index (χ0) is 14.5. The van der Waals surface area contributed by atoms with Crippen LogP contribution in [0.1, 0.15) is 12.8 Å². The Morgan fingerprint density at radius 3 is 2.35 bits per heavy atom. The molecule has 0 aromatic carbocycles. The summed E-state index contributed by atoms with van der Waals surface area (Å²) in [5.41, 5.74) is 0. The average Bonchev–Trinajstić information content (AvgIpc) is 2.87. The maximum atomic E-state index is 12.2. The molecule has 0 bridgehead atoms. The topological polar surface area (TPSA) is 74.3 Å². The van der Waals surface area contributed by atoms with Gasteiger partial charge in [-0.3, -0.25) is 0 Å². The van der Waals surface area contributed by atoms with Crippen molar-refractivity contribution in [2.45, 2.75) is 18.6 Å². The number of nitrogens with zero attached hydrogens (tertiary/aromatic N) is 1. The van der Waals surface area contributed by atoms with E-state index < -0.39 is 15.8 Å². The van der Waals surface area contributed by atoms with Crippen LogP contribution in [0.25, 0.3) is 0 Å². The number of rotatable bonds is 7. The second-order valence-electron chi connectivity index (χ2n) is 4.93. The lowest BCUT2D eigenvalue weighted by atomic mass is 10.1. The van der Waals surface area contributed by atoms with Crippen LogP contribution in [-0.2, 0) is 29.0 Å². The van der Waals surface area contributed by atoms with E-state index >= 15 is 0 Å². The van der Waals surface area contributed by atoms with Gasteiger partial charge in [-0.05, 0) is 0 Å². The predicted molar refractivity (Wildman–Crippen MR) is 71.9 cm³/mol. The fraction of sp³-hybridized carbons (Fsp3) is 1.00. The van der Waals surface area contributed by atoms with E-state index in [-0.39, 0.29) is 12.4 Å². The minimum atomic E-state index is -3.26. The first-order valence-corrected chi connectivity index (χ1v) is 8.51. The van der Waals surface area contributed by atoms with Crippen molar-refractivity contribution in [3.05, 3.63) is 0 Å². The summed E-state index contributed by atoms with van der Waals surface area (Å²) in [6.45, 7) is 3.17. The zero-order valence-corrected chi connectivity index (χ0v) is 12.7. The molecule has 0 N–H and O–H groups in total. The van der Waals surface area contributed by atoms with Crippen molar-refractivity contribution in [2.24, 2.45) is 0 Å². The first kappa shape index (κ1) is 16.1. The van der Waals surface area contributed by atoms with E-state index in [0.717, 1.165) is 0 Å². The van der Waals surface area contributed by atoms with Crippen LogP contribution in [0.3, 0.4) is 0 Å². The molecule has 0 atom stereocenters. The van der Waals surface area contributed by atoms with Crippen molar-refractivity contribution in [2.75, 3.05) is 59.0 Å². The van der Waals surface area contributed by atoms with Crippen LogP contribution in [0.2, 0.25) is 0 Å². The third-order valence-corrected chi connectivity index (χ3v) is 5.44. The summed E-state index contributed by atoms with van der Waals surface area (Å²) >= 11 is 0. The molecule has 0 aliphatic carbocycles. The summed E-state index contributed by atoms with van der Waals surface area (Å²) < 4.78 is 47.0. The normalized spacial score (nSPS) is 23.4. The van der Waals surface area contributed by atoms with Crippen molar-refractivity contribution in [3.8, 4) is 0 Å². The van der Waals surface area contributed by atoms with Crippen molar-refractivity contribution in [1.29, 1.82) is 0 Å². The molecule has 1 spiro atoms. The molecular formula is C12H23NO6S. The first-order chi connectivity index (χ1) is 9.58. The van der Waals surface area contributed by atoms with Gasteiger partial charge >= 0.3 is 0 Å². The first-order valence-electron chi connectivity index (χ1n) is 6.90. The summed E-state index contributed by atoms with van der Waals surface area (Å²) in [7, 11) is -1.68. The van der Waals surface area contributed by atoms with Crippen LogP contribution in [0, 0.1) is 0 Å². The Balaban J connectivity index is 1.73. The number of methoxy groups -OCH3 is 1. The molecule has 7 nitrogen and oxygen atoms in total. The van der Waals surface area contributed by atoms with Crippen LogP contribution in [0.4, 0.5) is 0 Å². The Bertz CT molecular complexity index is 383. The SMILES string of the molecule is COCCOCCS(=O)(=O)N1CCC2(CC1)OCCO2. The second-order valence-corrected chi connectivity index (χ2v) is 7.02. The maximum Gasteiger partial charge on any atom is 0.216 e. The molecule has 2 saturated heterocycles. The highest BCUT2D eigenvalue weighted by Gasteiger charge is 2.42. The van der Waals surface area contributed by atoms with Crippen molar-refractivity contribution in [1.82, 2.24) is 4.31 Å². The Hall–Kier alpha value is -0.250. The van der Waals surface area contributed by atoms with Gasteiger partial charge in [-0.2, -0.15) is 0 Å². The van der Waals surface area contributed by atoms with E-state index in [1.807, 2.05) is 0 Å². The highest BCUT2D eigenvalue weighted by Crippen LogP contribution is 2.32. The van der Waals surface area contributed by atoms with Gasteiger partial charge in [-0.1, -0.05) is 0 Å². The van der Waals surface area contributed by atoms with Gasteiger partial charge < -0.3 is 18.9 Å². The molecular weight excluding hydrogens is 286 g/mol. The lowest BCUT2D eigenvalue weighted by Crippen LogP contribution is -2.48. The van der Waals surface area contributed by atoms with E-state index in [4.69, 9.17) is 18.9 Å². The predicted octanol–water partition coefficient (Wildman–Crippen LogP) is -0.182. The molecule has 2 aliphatic heterocycles. The van der Waals surface area contributed by atoms with Crippen LogP contribution >= 0.6 is 0 Å². The van der Waals surface area contributed by atoms with Crippen molar-refractivity contribution in [3.63, 3.8) is 0 Å². The lowest BCUT2D eigenvalue weighted by Gasteiger charge is -2.36. The van der Waals surface area contributed by atoms with Gasteiger partial charge in [0.05, 0.1) is 38.8 Å².